The molecule has 1 aromatic heterocycles. The summed E-state index contributed by atoms with van der Waals surface area (Å²) in [5, 5.41) is 14.9. The van der Waals surface area contributed by atoms with Gasteiger partial charge in [-0.05, 0) is 0 Å². The highest BCUT2D eigenvalue weighted by Crippen LogP contribution is 2.09. The lowest BCUT2D eigenvalue weighted by molar-refractivity contribution is -0.141. The first kappa shape index (κ1) is 13.3. The molecule has 1 aliphatic heterocycles. The number of carboxylic acid groups (broad SMARTS) is 1. The van der Waals surface area contributed by atoms with Crippen LogP contribution in [0.4, 0.5) is 4.79 Å². The second-order valence-corrected chi connectivity index (χ2v) is 4.17. The Morgan fingerprint density at radius 2 is 2.42 bits per heavy atom. The average molecular weight is 269 g/mol. The number of hydrogen-bond donors (Lipinski definition) is 2. The number of nitrogens with one attached hydrogen (secondary N) is 1. The van der Waals surface area contributed by atoms with Gasteiger partial charge in [0, 0.05) is 19.2 Å². The zero-order chi connectivity index (χ0) is 13.7. The van der Waals surface area contributed by atoms with Crippen molar-refractivity contribution in [2.24, 2.45) is 0 Å². The number of carbonyl (C=O) groups excluding carboxylic acids is 1. The molecule has 1 fully saturated rings. The van der Waals surface area contributed by atoms with Crippen LogP contribution < -0.4 is 5.32 Å². The van der Waals surface area contributed by atoms with Crippen molar-refractivity contribution in [1.82, 2.24) is 15.4 Å². The quantitative estimate of drug-likeness (QED) is 0.800. The number of aromatic nitrogens is 1. The topological polar surface area (TPSA) is 105 Å². The molecule has 1 saturated heterocycles. The van der Waals surface area contributed by atoms with Gasteiger partial charge in [-0.25, -0.2) is 4.79 Å². The Bertz CT molecular complexity index is 434. The Morgan fingerprint density at radius 3 is 3.11 bits per heavy atom. The number of amides is 2. The summed E-state index contributed by atoms with van der Waals surface area (Å²) in [6, 6.07) is 1.39. The number of carboxylic acids is 1. The lowest BCUT2D eigenvalue weighted by Gasteiger charge is -2.32. The van der Waals surface area contributed by atoms with Crippen molar-refractivity contribution in [2.75, 3.05) is 19.7 Å². The zero-order valence-corrected chi connectivity index (χ0v) is 10.2. The van der Waals surface area contributed by atoms with Crippen LogP contribution in [0.25, 0.3) is 0 Å². The van der Waals surface area contributed by atoms with Gasteiger partial charge in [-0.3, -0.25) is 4.79 Å². The first-order chi connectivity index (χ1) is 9.15. The van der Waals surface area contributed by atoms with Crippen LogP contribution in [-0.4, -0.2) is 53.0 Å². The highest BCUT2D eigenvalue weighted by atomic mass is 16.5. The number of ether oxygens (including phenoxy) is 1. The van der Waals surface area contributed by atoms with Gasteiger partial charge in [0.25, 0.3) is 0 Å². The smallest absolute Gasteiger partial charge is 0.317 e. The van der Waals surface area contributed by atoms with E-state index < -0.39 is 12.1 Å². The summed E-state index contributed by atoms with van der Waals surface area (Å²) in [5.74, 6) is -0.377. The van der Waals surface area contributed by atoms with Gasteiger partial charge in [0.2, 0.25) is 0 Å². The summed E-state index contributed by atoms with van der Waals surface area (Å²) in [4.78, 5) is 24.0. The molecule has 1 atom stereocenters. The molecule has 19 heavy (non-hydrogen) atoms. The minimum Gasteiger partial charge on any atom is -0.481 e. The van der Waals surface area contributed by atoms with Crippen molar-refractivity contribution >= 4 is 12.0 Å². The average Bonchev–Trinajstić information content (AvgIpc) is 2.88. The molecular formula is C11H15N3O5. The molecule has 2 amide bonds. The van der Waals surface area contributed by atoms with Gasteiger partial charge in [-0.2, -0.15) is 0 Å². The predicted molar refractivity (Wildman–Crippen MR) is 62.3 cm³/mol. The third-order valence-corrected chi connectivity index (χ3v) is 2.73. The SMILES string of the molecule is O=C(O)CC1CN(C(=O)NCc2ccno2)CCO1. The van der Waals surface area contributed by atoms with Crippen molar-refractivity contribution in [3.05, 3.63) is 18.0 Å². The van der Waals surface area contributed by atoms with Crippen LogP contribution in [-0.2, 0) is 16.1 Å². The molecule has 1 aromatic rings. The number of aliphatic carboxylic acids is 1. The maximum atomic E-state index is 11.9. The van der Waals surface area contributed by atoms with Crippen molar-refractivity contribution in [1.29, 1.82) is 0 Å². The summed E-state index contributed by atoms with van der Waals surface area (Å²) < 4.78 is 10.1. The van der Waals surface area contributed by atoms with Crippen LogP contribution in [0.2, 0.25) is 0 Å². The van der Waals surface area contributed by atoms with Crippen LogP contribution in [0.5, 0.6) is 0 Å². The van der Waals surface area contributed by atoms with E-state index in [1.165, 1.54) is 11.1 Å². The third kappa shape index (κ3) is 3.95. The van der Waals surface area contributed by atoms with E-state index in [2.05, 4.69) is 10.5 Å². The van der Waals surface area contributed by atoms with Gasteiger partial charge in [0.1, 0.15) is 0 Å². The molecular weight excluding hydrogens is 254 g/mol. The van der Waals surface area contributed by atoms with Crippen molar-refractivity contribution < 1.29 is 24.0 Å². The molecule has 8 heteroatoms. The van der Waals surface area contributed by atoms with Crippen LogP contribution in [0, 0.1) is 0 Å². The van der Waals surface area contributed by atoms with Crippen LogP contribution in [0.1, 0.15) is 12.2 Å². The first-order valence-corrected chi connectivity index (χ1v) is 5.91. The monoisotopic (exact) mass is 269 g/mol. The summed E-state index contributed by atoms with van der Waals surface area (Å²) >= 11 is 0. The molecule has 8 nitrogen and oxygen atoms in total. The number of morpholine rings is 1. The molecule has 104 valence electrons. The standard InChI is InChI=1S/C11H15N3O5/c15-10(16)5-9-7-14(3-4-18-9)11(17)12-6-8-1-2-13-19-8/h1-2,9H,3-7H2,(H,12,17)(H,15,16). The van der Waals surface area contributed by atoms with Gasteiger partial charge in [-0.1, -0.05) is 5.16 Å². The number of urea groups is 1. The minimum atomic E-state index is -0.936. The van der Waals surface area contributed by atoms with Crippen LogP contribution in [0.15, 0.2) is 16.8 Å². The second kappa shape index (κ2) is 6.19. The molecule has 2 rings (SSSR count). The molecule has 2 heterocycles. The molecule has 2 N–H and O–H groups in total. The van der Waals surface area contributed by atoms with E-state index in [9.17, 15) is 9.59 Å². The number of rotatable bonds is 4. The third-order valence-electron chi connectivity index (χ3n) is 2.73. The highest BCUT2D eigenvalue weighted by Gasteiger charge is 2.25. The van der Waals surface area contributed by atoms with E-state index in [-0.39, 0.29) is 25.5 Å². The van der Waals surface area contributed by atoms with Crippen molar-refractivity contribution in [3.8, 4) is 0 Å². The number of carbonyl (C=O) groups is 2. The van der Waals surface area contributed by atoms with Gasteiger partial charge < -0.3 is 24.6 Å². The van der Waals surface area contributed by atoms with Crippen LogP contribution in [0.3, 0.4) is 0 Å². The zero-order valence-electron chi connectivity index (χ0n) is 10.2. The Labute approximate surface area is 109 Å². The molecule has 0 radical (unpaired) electrons. The molecule has 0 aliphatic carbocycles. The van der Waals surface area contributed by atoms with Crippen molar-refractivity contribution in [3.63, 3.8) is 0 Å². The van der Waals surface area contributed by atoms with Crippen molar-refractivity contribution in [2.45, 2.75) is 19.1 Å². The van der Waals surface area contributed by atoms with E-state index in [1.807, 2.05) is 0 Å². The second-order valence-electron chi connectivity index (χ2n) is 4.17. The Kier molecular flexibility index (Phi) is 4.35. The number of nitrogens with zero attached hydrogens (tertiary/aromatic N) is 2. The lowest BCUT2D eigenvalue weighted by atomic mass is 10.2. The van der Waals surface area contributed by atoms with E-state index in [4.69, 9.17) is 14.4 Å². The molecule has 0 saturated carbocycles. The molecule has 0 bridgehead atoms. The normalized spacial score (nSPS) is 19.2. The van der Waals surface area contributed by atoms with E-state index in [1.54, 1.807) is 6.07 Å². The Hall–Kier alpha value is -2.09. The first-order valence-electron chi connectivity index (χ1n) is 5.91. The molecule has 0 spiro atoms. The fourth-order valence-electron chi connectivity index (χ4n) is 1.83. The van der Waals surface area contributed by atoms with Crippen LogP contribution >= 0.6 is 0 Å². The maximum absolute atomic E-state index is 11.9. The van der Waals surface area contributed by atoms with E-state index in [0.717, 1.165) is 0 Å². The Morgan fingerprint density at radius 1 is 1.58 bits per heavy atom. The van der Waals surface area contributed by atoms with Gasteiger partial charge in [0.15, 0.2) is 5.76 Å². The lowest BCUT2D eigenvalue weighted by Crippen LogP contribution is -2.49. The summed E-state index contributed by atoms with van der Waals surface area (Å²) in [6.45, 7) is 1.31. The largest absolute Gasteiger partial charge is 0.481 e. The number of hydrogen-bond acceptors (Lipinski definition) is 5. The fourth-order valence-corrected chi connectivity index (χ4v) is 1.83. The fraction of sp³-hybridized carbons (Fsp3) is 0.545. The molecule has 1 unspecified atom stereocenters. The summed E-state index contributed by atoms with van der Waals surface area (Å²) in [6.07, 6.45) is 0.938. The van der Waals surface area contributed by atoms with Gasteiger partial charge >= 0.3 is 12.0 Å². The highest BCUT2D eigenvalue weighted by molar-refractivity contribution is 5.74. The minimum absolute atomic E-state index is 0.105. The van der Waals surface area contributed by atoms with E-state index >= 15 is 0 Å². The molecule has 0 aromatic carbocycles. The summed E-state index contributed by atoms with van der Waals surface area (Å²) in [5.41, 5.74) is 0. The predicted octanol–water partition coefficient (Wildman–Crippen LogP) is 0.0597. The van der Waals surface area contributed by atoms with Gasteiger partial charge in [0.05, 0.1) is 31.9 Å². The Balaban J connectivity index is 1.79. The maximum Gasteiger partial charge on any atom is 0.317 e. The summed E-state index contributed by atoms with van der Waals surface area (Å²) in [7, 11) is 0. The molecule has 1 aliphatic rings. The van der Waals surface area contributed by atoms with Gasteiger partial charge in [-0.15, -0.1) is 0 Å². The van der Waals surface area contributed by atoms with E-state index in [0.29, 0.717) is 18.9 Å².